The van der Waals surface area contributed by atoms with E-state index in [1.54, 1.807) is 0 Å². The minimum absolute atomic E-state index is 0.0356. The summed E-state index contributed by atoms with van der Waals surface area (Å²) in [6, 6.07) is 13.1. The number of sulfone groups is 1. The number of halogens is 1. The highest BCUT2D eigenvalue weighted by Crippen LogP contribution is 2.23. The molecule has 0 unspecified atom stereocenters. The molecule has 0 amide bonds. The summed E-state index contributed by atoms with van der Waals surface area (Å²) in [5.74, 6) is -0.233. The molecule has 0 atom stereocenters. The predicted octanol–water partition coefficient (Wildman–Crippen LogP) is 3.15. The molecule has 0 aliphatic rings. The fourth-order valence-corrected chi connectivity index (χ4v) is 3.44. The second kappa shape index (κ2) is 7.27. The van der Waals surface area contributed by atoms with Gasteiger partial charge < -0.3 is 9.26 Å². The van der Waals surface area contributed by atoms with Gasteiger partial charge in [0.25, 0.3) is 5.89 Å². The highest BCUT2D eigenvalue weighted by Gasteiger charge is 2.17. The van der Waals surface area contributed by atoms with Crippen molar-refractivity contribution < 1.29 is 22.5 Å². The van der Waals surface area contributed by atoms with Crippen LogP contribution < -0.4 is 0 Å². The Bertz CT molecular complexity index is 1050. The van der Waals surface area contributed by atoms with Crippen molar-refractivity contribution >= 4 is 27.4 Å². The van der Waals surface area contributed by atoms with E-state index in [4.69, 9.17) is 20.9 Å². The van der Waals surface area contributed by atoms with Crippen LogP contribution in [0.1, 0.15) is 16.2 Å². The molecule has 1 aromatic heterocycles. The number of esters is 1. The van der Waals surface area contributed by atoms with Crippen molar-refractivity contribution in [1.29, 1.82) is 0 Å². The molecular formula is C17H13ClN2O5S. The topological polar surface area (TPSA) is 99.4 Å². The van der Waals surface area contributed by atoms with Crippen LogP contribution in [-0.2, 0) is 21.2 Å². The normalized spacial score (nSPS) is 11.3. The van der Waals surface area contributed by atoms with E-state index >= 15 is 0 Å². The van der Waals surface area contributed by atoms with Crippen LogP contribution in [0.4, 0.5) is 0 Å². The zero-order valence-electron chi connectivity index (χ0n) is 13.5. The van der Waals surface area contributed by atoms with Gasteiger partial charge in [-0.2, -0.15) is 4.98 Å². The monoisotopic (exact) mass is 392 g/mol. The first kappa shape index (κ1) is 18.1. The van der Waals surface area contributed by atoms with Gasteiger partial charge in [0, 0.05) is 11.8 Å². The molecule has 0 saturated carbocycles. The summed E-state index contributed by atoms with van der Waals surface area (Å²) >= 11 is 5.85. The van der Waals surface area contributed by atoms with Crippen LogP contribution >= 0.6 is 11.6 Å². The molecule has 0 spiro atoms. The van der Waals surface area contributed by atoms with Gasteiger partial charge in [0.15, 0.2) is 16.4 Å². The van der Waals surface area contributed by atoms with Crippen molar-refractivity contribution in [2.45, 2.75) is 11.5 Å². The minimum atomic E-state index is -3.56. The highest BCUT2D eigenvalue weighted by molar-refractivity contribution is 7.90. The number of hydrogen-bond donors (Lipinski definition) is 0. The third-order valence-corrected chi connectivity index (χ3v) is 4.97. The fraction of sp³-hybridized carbons (Fsp3) is 0.118. The van der Waals surface area contributed by atoms with Gasteiger partial charge in [0.05, 0.1) is 15.5 Å². The van der Waals surface area contributed by atoms with E-state index in [9.17, 15) is 13.2 Å². The van der Waals surface area contributed by atoms with E-state index in [1.807, 2.05) is 30.3 Å². The van der Waals surface area contributed by atoms with Crippen LogP contribution in [0.2, 0.25) is 5.02 Å². The Labute approximate surface area is 154 Å². The zero-order valence-corrected chi connectivity index (χ0v) is 15.1. The van der Waals surface area contributed by atoms with Crippen molar-refractivity contribution in [2.24, 2.45) is 0 Å². The molecule has 26 heavy (non-hydrogen) atoms. The maximum atomic E-state index is 12.1. The third kappa shape index (κ3) is 4.09. The van der Waals surface area contributed by atoms with Crippen molar-refractivity contribution in [3.63, 3.8) is 0 Å². The molecule has 0 bridgehead atoms. The Morgan fingerprint density at radius 1 is 1.19 bits per heavy atom. The molecule has 2 aromatic carbocycles. The van der Waals surface area contributed by atoms with Gasteiger partial charge >= 0.3 is 5.97 Å². The quantitative estimate of drug-likeness (QED) is 0.615. The van der Waals surface area contributed by atoms with Gasteiger partial charge in [0.1, 0.15) is 0 Å². The molecule has 0 fully saturated rings. The standard InChI is InChI=1S/C17H13ClN2O5S/c1-26(22,23)14-9-12(7-8-13(14)18)17(21)24-10-15-19-16(20-25-15)11-5-3-2-4-6-11/h2-9H,10H2,1H3. The van der Waals surface area contributed by atoms with Crippen LogP contribution in [0.5, 0.6) is 0 Å². The lowest BCUT2D eigenvalue weighted by molar-refractivity contribution is 0.0429. The Hall–Kier alpha value is -2.71. The van der Waals surface area contributed by atoms with Crippen molar-refractivity contribution in [1.82, 2.24) is 10.1 Å². The highest BCUT2D eigenvalue weighted by atomic mass is 35.5. The van der Waals surface area contributed by atoms with E-state index in [1.165, 1.54) is 18.2 Å². The third-order valence-electron chi connectivity index (χ3n) is 3.39. The number of hydrogen-bond acceptors (Lipinski definition) is 7. The lowest BCUT2D eigenvalue weighted by atomic mass is 10.2. The Morgan fingerprint density at radius 3 is 2.62 bits per heavy atom. The average molecular weight is 393 g/mol. The second-order valence-corrected chi connectivity index (χ2v) is 7.76. The number of rotatable bonds is 5. The molecule has 1 heterocycles. The molecule has 0 N–H and O–H groups in total. The van der Waals surface area contributed by atoms with Gasteiger partial charge in [-0.3, -0.25) is 0 Å². The van der Waals surface area contributed by atoms with Crippen molar-refractivity contribution in [3.8, 4) is 11.4 Å². The first-order chi connectivity index (χ1) is 12.3. The van der Waals surface area contributed by atoms with E-state index < -0.39 is 15.8 Å². The largest absolute Gasteiger partial charge is 0.452 e. The zero-order chi connectivity index (χ0) is 18.7. The molecule has 0 aliphatic carbocycles. The van der Waals surface area contributed by atoms with E-state index in [-0.39, 0.29) is 28.0 Å². The van der Waals surface area contributed by atoms with E-state index in [0.29, 0.717) is 5.82 Å². The number of carbonyl (C=O) groups excluding carboxylic acids is 1. The van der Waals surface area contributed by atoms with Crippen LogP contribution in [0.15, 0.2) is 57.9 Å². The van der Waals surface area contributed by atoms with Crippen LogP contribution in [0.25, 0.3) is 11.4 Å². The lowest BCUT2D eigenvalue weighted by Gasteiger charge is -2.06. The number of aromatic nitrogens is 2. The molecule has 134 valence electrons. The summed E-state index contributed by atoms with van der Waals surface area (Å²) in [4.78, 5) is 16.1. The summed E-state index contributed by atoms with van der Waals surface area (Å²) in [5.41, 5.74) is 0.821. The van der Waals surface area contributed by atoms with E-state index in [2.05, 4.69) is 10.1 Å². The summed E-state index contributed by atoms with van der Waals surface area (Å²) < 4.78 is 33.5. The number of nitrogens with zero attached hydrogens (tertiary/aromatic N) is 2. The van der Waals surface area contributed by atoms with Gasteiger partial charge in [-0.1, -0.05) is 47.1 Å². The average Bonchev–Trinajstić information content (AvgIpc) is 3.09. The molecular weight excluding hydrogens is 380 g/mol. The lowest BCUT2D eigenvalue weighted by Crippen LogP contribution is -2.07. The van der Waals surface area contributed by atoms with Crippen LogP contribution in [0.3, 0.4) is 0 Å². The maximum Gasteiger partial charge on any atom is 0.338 e. The van der Waals surface area contributed by atoms with Crippen molar-refractivity contribution in [2.75, 3.05) is 6.26 Å². The Balaban J connectivity index is 1.71. The van der Waals surface area contributed by atoms with Gasteiger partial charge in [-0.25, -0.2) is 13.2 Å². The molecule has 3 rings (SSSR count). The van der Waals surface area contributed by atoms with E-state index in [0.717, 1.165) is 11.8 Å². The predicted molar refractivity (Wildman–Crippen MR) is 93.4 cm³/mol. The number of ether oxygens (including phenoxy) is 1. The molecule has 9 heteroatoms. The first-order valence-corrected chi connectivity index (χ1v) is 9.66. The molecule has 3 aromatic rings. The molecule has 0 saturated heterocycles. The van der Waals surface area contributed by atoms with Gasteiger partial charge in [-0.15, -0.1) is 0 Å². The SMILES string of the molecule is CS(=O)(=O)c1cc(C(=O)OCc2nc(-c3ccccc3)no2)ccc1Cl. The summed E-state index contributed by atoms with van der Waals surface area (Å²) in [6.45, 7) is -0.241. The molecule has 0 aliphatic heterocycles. The van der Waals surface area contributed by atoms with Crippen molar-refractivity contribution in [3.05, 3.63) is 65.0 Å². The number of benzene rings is 2. The summed E-state index contributed by atoms with van der Waals surface area (Å²) in [7, 11) is -3.56. The first-order valence-electron chi connectivity index (χ1n) is 7.39. The summed E-state index contributed by atoms with van der Waals surface area (Å²) in [6.07, 6.45) is 1.01. The second-order valence-electron chi connectivity index (χ2n) is 5.37. The van der Waals surface area contributed by atoms with Crippen LogP contribution in [0, 0.1) is 0 Å². The van der Waals surface area contributed by atoms with Crippen LogP contribution in [-0.4, -0.2) is 30.8 Å². The Morgan fingerprint density at radius 2 is 1.92 bits per heavy atom. The van der Waals surface area contributed by atoms with Gasteiger partial charge in [-0.05, 0) is 18.2 Å². The summed E-state index contributed by atoms with van der Waals surface area (Å²) in [5, 5.41) is 3.86. The molecule has 7 nitrogen and oxygen atoms in total. The Kier molecular flexibility index (Phi) is 5.06. The minimum Gasteiger partial charge on any atom is -0.452 e. The van der Waals surface area contributed by atoms with Gasteiger partial charge in [0.2, 0.25) is 5.82 Å². The smallest absolute Gasteiger partial charge is 0.338 e. The number of carbonyl (C=O) groups is 1. The molecule has 0 radical (unpaired) electrons. The fourth-order valence-electron chi connectivity index (χ4n) is 2.14. The maximum absolute atomic E-state index is 12.1.